The lowest BCUT2D eigenvalue weighted by atomic mass is 10.1. The molecular weight excluding hydrogens is 296 g/mol. The molecule has 0 radical (unpaired) electrons. The molecule has 1 aromatic carbocycles. The molecule has 0 bridgehead atoms. The van der Waals surface area contributed by atoms with Crippen molar-refractivity contribution in [2.45, 2.75) is 0 Å². The molecule has 1 saturated heterocycles. The van der Waals surface area contributed by atoms with Gasteiger partial charge in [-0.1, -0.05) is 0 Å². The van der Waals surface area contributed by atoms with Gasteiger partial charge in [-0.15, -0.1) is 0 Å². The number of nitrogens with one attached hydrogen (secondary N) is 1. The highest BCUT2D eigenvalue weighted by Crippen LogP contribution is 2.20. The molecule has 1 aliphatic rings. The zero-order valence-corrected chi connectivity index (χ0v) is 11.5. The van der Waals surface area contributed by atoms with Crippen LogP contribution in [0.4, 0.5) is 8.78 Å². The summed E-state index contributed by atoms with van der Waals surface area (Å²) >= 11 is 0. The van der Waals surface area contributed by atoms with E-state index in [2.05, 4.69) is 15.7 Å². The number of carbonyl (C=O) groups excluding carboxylic acids is 1. The number of aromatic nitrogens is 3. The molecular formula is C13H13F2N5O2. The number of amides is 1. The van der Waals surface area contributed by atoms with Crippen LogP contribution in [0.15, 0.2) is 24.5 Å². The zero-order valence-electron chi connectivity index (χ0n) is 11.5. The quantitative estimate of drug-likeness (QED) is 0.876. The van der Waals surface area contributed by atoms with E-state index in [9.17, 15) is 13.6 Å². The smallest absolute Gasteiger partial charge is 0.256 e. The second kappa shape index (κ2) is 6.16. The van der Waals surface area contributed by atoms with Crippen LogP contribution in [0.25, 0.3) is 5.69 Å². The van der Waals surface area contributed by atoms with Gasteiger partial charge in [-0.2, -0.15) is 15.0 Å². The number of hydroxylamine groups is 1. The van der Waals surface area contributed by atoms with E-state index in [1.54, 1.807) is 0 Å². The third-order valence-corrected chi connectivity index (χ3v) is 3.24. The Morgan fingerprint density at radius 3 is 2.68 bits per heavy atom. The average molecular weight is 309 g/mol. The summed E-state index contributed by atoms with van der Waals surface area (Å²) in [6.45, 7) is 1.50. The molecule has 2 heterocycles. The second-order valence-corrected chi connectivity index (χ2v) is 4.64. The number of rotatable bonds is 2. The number of hydrogen-bond donors (Lipinski definition) is 1. The van der Waals surface area contributed by atoms with Crippen LogP contribution in [-0.4, -0.2) is 52.0 Å². The molecule has 116 valence electrons. The summed E-state index contributed by atoms with van der Waals surface area (Å²) in [7, 11) is 0. The van der Waals surface area contributed by atoms with Crippen molar-refractivity contribution in [3.05, 3.63) is 41.7 Å². The molecule has 7 nitrogen and oxygen atoms in total. The third-order valence-electron chi connectivity index (χ3n) is 3.24. The van der Waals surface area contributed by atoms with E-state index in [4.69, 9.17) is 4.84 Å². The van der Waals surface area contributed by atoms with E-state index >= 15 is 0 Å². The van der Waals surface area contributed by atoms with E-state index in [-0.39, 0.29) is 11.3 Å². The topological polar surface area (TPSA) is 72.3 Å². The molecule has 0 atom stereocenters. The number of nitrogens with zero attached hydrogens (tertiary/aromatic N) is 4. The van der Waals surface area contributed by atoms with Gasteiger partial charge in [-0.3, -0.25) is 9.63 Å². The Labute approximate surface area is 124 Å². The highest BCUT2D eigenvalue weighted by molar-refractivity contribution is 5.97. The molecule has 9 heteroatoms. The molecule has 1 aromatic heterocycles. The maximum atomic E-state index is 13.6. The molecule has 0 spiro atoms. The molecule has 3 rings (SSSR count). The van der Waals surface area contributed by atoms with E-state index in [0.29, 0.717) is 26.2 Å². The first-order chi connectivity index (χ1) is 10.7. The first-order valence-electron chi connectivity index (χ1n) is 6.66. The lowest BCUT2D eigenvalue weighted by Crippen LogP contribution is -2.35. The summed E-state index contributed by atoms with van der Waals surface area (Å²) < 4.78 is 27.1. The van der Waals surface area contributed by atoms with Crippen LogP contribution < -0.4 is 5.48 Å². The minimum absolute atomic E-state index is 0.00278. The number of carbonyl (C=O) groups is 1. The van der Waals surface area contributed by atoms with Crippen molar-refractivity contribution in [2.24, 2.45) is 0 Å². The van der Waals surface area contributed by atoms with Crippen molar-refractivity contribution in [3.8, 4) is 5.69 Å². The van der Waals surface area contributed by atoms with Crippen LogP contribution in [0, 0.1) is 11.6 Å². The van der Waals surface area contributed by atoms with Crippen LogP contribution in [0.3, 0.4) is 0 Å². The van der Waals surface area contributed by atoms with Gasteiger partial charge in [0.25, 0.3) is 5.91 Å². The fourth-order valence-corrected chi connectivity index (χ4v) is 2.18. The Morgan fingerprint density at radius 1 is 1.18 bits per heavy atom. The maximum Gasteiger partial charge on any atom is 0.256 e. The van der Waals surface area contributed by atoms with Gasteiger partial charge in [0.1, 0.15) is 5.69 Å². The minimum atomic E-state index is -1.09. The normalized spacial score (nSPS) is 15.6. The van der Waals surface area contributed by atoms with Crippen molar-refractivity contribution in [2.75, 3.05) is 26.2 Å². The summed E-state index contributed by atoms with van der Waals surface area (Å²) in [5.74, 6) is -2.59. The van der Waals surface area contributed by atoms with Crippen LogP contribution in [0.1, 0.15) is 10.4 Å². The Kier molecular flexibility index (Phi) is 4.07. The Bertz CT molecular complexity index is 669. The van der Waals surface area contributed by atoms with Gasteiger partial charge in [-0.25, -0.2) is 14.3 Å². The van der Waals surface area contributed by atoms with E-state index in [1.807, 2.05) is 0 Å². The predicted molar refractivity (Wildman–Crippen MR) is 71.1 cm³/mol. The molecule has 0 aliphatic carbocycles. The molecule has 2 aromatic rings. The largest absolute Gasteiger partial charge is 0.335 e. The van der Waals surface area contributed by atoms with Gasteiger partial charge in [0.2, 0.25) is 0 Å². The van der Waals surface area contributed by atoms with Gasteiger partial charge in [0.15, 0.2) is 11.6 Å². The zero-order chi connectivity index (χ0) is 15.5. The fraction of sp³-hybridized carbons (Fsp3) is 0.308. The highest BCUT2D eigenvalue weighted by Gasteiger charge is 2.23. The molecule has 22 heavy (non-hydrogen) atoms. The molecule has 1 fully saturated rings. The lowest BCUT2D eigenvalue weighted by molar-refractivity contribution is 0.0522. The number of hydrogen-bond acceptors (Lipinski definition) is 5. The lowest BCUT2D eigenvalue weighted by Gasteiger charge is -2.20. The van der Waals surface area contributed by atoms with Crippen molar-refractivity contribution in [3.63, 3.8) is 0 Å². The van der Waals surface area contributed by atoms with Gasteiger partial charge in [0, 0.05) is 25.7 Å². The van der Waals surface area contributed by atoms with E-state index < -0.39 is 17.5 Å². The van der Waals surface area contributed by atoms with Gasteiger partial charge >= 0.3 is 0 Å². The highest BCUT2D eigenvalue weighted by atomic mass is 19.2. The Morgan fingerprint density at radius 2 is 1.91 bits per heavy atom. The standard InChI is InChI=1S/C13H13F2N5O2/c14-10-7-9(13(21)19-4-3-18-22-6-5-19)12(8-11(10)15)20-16-1-2-17-20/h1-2,7-8,18H,3-6H2. The summed E-state index contributed by atoms with van der Waals surface area (Å²) in [6, 6.07) is 1.78. The minimum Gasteiger partial charge on any atom is -0.335 e. The van der Waals surface area contributed by atoms with Crippen LogP contribution in [0.5, 0.6) is 0 Å². The Balaban J connectivity index is 2.01. The number of halogens is 2. The van der Waals surface area contributed by atoms with Crippen molar-refractivity contribution >= 4 is 5.91 Å². The first kappa shape index (κ1) is 14.5. The molecule has 1 amide bonds. The third kappa shape index (κ3) is 2.81. The summed E-state index contributed by atoms with van der Waals surface area (Å²) in [6.07, 6.45) is 2.78. The molecule has 0 unspecified atom stereocenters. The van der Waals surface area contributed by atoms with Crippen molar-refractivity contribution in [1.82, 2.24) is 25.4 Å². The number of benzene rings is 1. The predicted octanol–water partition coefficient (Wildman–Crippen LogP) is 0.522. The van der Waals surface area contributed by atoms with E-state index in [1.165, 1.54) is 17.3 Å². The van der Waals surface area contributed by atoms with Crippen molar-refractivity contribution in [1.29, 1.82) is 0 Å². The maximum absolute atomic E-state index is 13.6. The van der Waals surface area contributed by atoms with Gasteiger partial charge in [0.05, 0.1) is 24.6 Å². The summed E-state index contributed by atoms with van der Waals surface area (Å²) in [5.41, 5.74) is 2.78. The van der Waals surface area contributed by atoms with Crippen LogP contribution in [-0.2, 0) is 4.84 Å². The van der Waals surface area contributed by atoms with Gasteiger partial charge < -0.3 is 4.90 Å². The first-order valence-corrected chi connectivity index (χ1v) is 6.66. The van der Waals surface area contributed by atoms with Crippen LogP contribution in [0.2, 0.25) is 0 Å². The molecule has 0 saturated carbocycles. The average Bonchev–Trinajstić information content (AvgIpc) is 2.91. The van der Waals surface area contributed by atoms with E-state index in [0.717, 1.165) is 16.9 Å². The molecule has 1 aliphatic heterocycles. The monoisotopic (exact) mass is 309 g/mol. The summed E-state index contributed by atoms with van der Waals surface area (Å²) in [4.78, 5) is 20.3. The van der Waals surface area contributed by atoms with Gasteiger partial charge in [-0.05, 0) is 6.07 Å². The Hall–Kier alpha value is -2.39. The van der Waals surface area contributed by atoms with Crippen molar-refractivity contribution < 1.29 is 18.4 Å². The second-order valence-electron chi connectivity index (χ2n) is 4.64. The SMILES string of the molecule is O=C(c1cc(F)c(F)cc1-n1nccn1)N1CCNOCC1. The fourth-order valence-electron chi connectivity index (χ4n) is 2.18. The summed E-state index contributed by atoms with van der Waals surface area (Å²) in [5, 5.41) is 7.75. The molecule has 1 N–H and O–H groups in total. The van der Waals surface area contributed by atoms with Crippen LogP contribution >= 0.6 is 0 Å².